The van der Waals surface area contributed by atoms with Crippen molar-refractivity contribution in [2.24, 2.45) is 0 Å². The Kier molecular flexibility index (Phi) is 3.96. The third-order valence-electron chi connectivity index (χ3n) is 4.57. The van der Waals surface area contributed by atoms with Crippen LogP contribution in [-0.4, -0.2) is 19.7 Å². The SMILES string of the molecule is CC(C)Oc1cc2c(cc1-c1ccc3cc4c(cc3c1I)OCO4)OCO2. The molecular weight excluding hydrogens is 459 g/mol. The lowest BCUT2D eigenvalue weighted by Gasteiger charge is -2.17. The van der Waals surface area contributed by atoms with Crippen LogP contribution >= 0.6 is 22.6 Å². The van der Waals surface area contributed by atoms with Gasteiger partial charge in [-0.05, 0) is 71.0 Å². The second kappa shape index (κ2) is 6.37. The molecule has 2 heterocycles. The molecule has 0 saturated carbocycles. The topological polar surface area (TPSA) is 46.2 Å². The maximum atomic E-state index is 6.08. The Labute approximate surface area is 170 Å². The van der Waals surface area contributed by atoms with Crippen molar-refractivity contribution in [1.82, 2.24) is 0 Å². The van der Waals surface area contributed by atoms with Gasteiger partial charge in [0, 0.05) is 15.2 Å². The molecule has 0 spiro atoms. The highest BCUT2D eigenvalue weighted by Crippen LogP contribution is 2.46. The first-order valence-corrected chi connectivity index (χ1v) is 9.80. The van der Waals surface area contributed by atoms with Crippen LogP contribution in [0.4, 0.5) is 0 Å². The maximum Gasteiger partial charge on any atom is 0.231 e. The van der Waals surface area contributed by atoms with Gasteiger partial charge in [0.15, 0.2) is 23.0 Å². The van der Waals surface area contributed by atoms with Gasteiger partial charge in [-0.1, -0.05) is 12.1 Å². The van der Waals surface area contributed by atoms with E-state index >= 15 is 0 Å². The molecule has 0 radical (unpaired) electrons. The summed E-state index contributed by atoms with van der Waals surface area (Å²) in [5.41, 5.74) is 2.06. The summed E-state index contributed by atoms with van der Waals surface area (Å²) in [5, 5.41) is 2.23. The van der Waals surface area contributed by atoms with E-state index in [0.717, 1.165) is 48.5 Å². The predicted octanol–water partition coefficient (Wildman–Crippen LogP) is 5.36. The Morgan fingerprint density at radius 3 is 2.15 bits per heavy atom. The van der Waals surface area contributed by atoms with Gasteiger partial charge in [-0.25, -0.2) is 0 Å². The largest absolute Gasteiger partial charge is 0.490 e. The van der Waals surface area contributed by atoms with E-state index in [-0.39, 0.29) is 19.7 Å². The highest BCUT2D eigenvalue weighted by Gasteiger charge is 2.22. The molecule has 27 heavy (non-hydrogen) atoms. The minimum atomic E-state index is 0.0519. The summed E-state index contributed by atoms with van der Waals surface area (Å²) in [6, 6.07) is 12.2. The van der Waals surface area contributed by atoms with Crippen molar-refractivity contribution in [3.63, 3.8) is 0 Å². The number of benzene rings is 3. The highest BCUT2D eigenvalue weighted by atomic mass is 127. The van der Waals surface area contributed by atoms with Gasteiger partial charge in [0.05, 0.1) is 6.10 Å². The average Bonchev–Trinajstić information content (AvgIpc) is 3.28. The van der Waals surface area contributed by atoms with Crippen molar-refractivity contribution in [3.8, 4) is 39.9 Å². The first-order chi connectivity index (χ1) is 13.1. The Hall–Kier alpha value is -2.35. The fourth-order valence-corrected chi connectivity index (χ4v) is 4.31. The van der Waals surface area contributed by atoms with Crippen molar-refractivity contribution in [2.75, 3.05) is 13.6 Å². The molecule has 0 fully saturated rings. The summed E-state index contributed by atoms with van der Waals surface area (Å²) >= 11 is 2.38. The molecule has 138 valence electrons. The fraction of sp³-hybridized carbons (Fsp3) is 0.238. The minimum Gasteiger partial charge on any atom is -0.490 e. The van der Waals surface area contributed by atoms with E-state index in [1.54, 1.807) is 0 Å². The summed E-state index contributed by atoms with van der Waals surface area (Å²) in [7, 11) is 0. The normalized spacial score (nSPS) is 14.2. The number of hydrogen-bond donors (Lipinski definition) is 0. The van der Waals surface area contributed by atoms with Crippen LogP contribution in [0.25, 0.3) is 21.9 Å². The van der Waals surface area contributed by atoms with Crippen molar-refractivity contribution in [2.45, 2.75) is 20.0 Å². The average molecular weight is 476 g/mol. The minimum absolute atomic E-state index is 0.0519. The van der Waals surface area contributed by atoms with Crippen LogP contribution in [0, 0.1) is 3.57 Å². The smallest absolute Gasteiger partial charge is 0.231 e. The third-order valence-corrected chi connectivity index (χ3v) is 5.74. The van der Waals surface area contributed by atoms with Gasteiger partial charge < -0.3 is 23.7 Å². The molecule has 5 rings (SSSR count). The zero-order chi connectivity index (χ0) is 18.5. The van der Waals surface area contributed by atoms with E-state index < -0.39 is 0 Å². The Morgan fingerprint density at radius 1 is 0.815 bits per heavy atom. The van der Waals surface area contributed by atoms with Crippen molar-refractivity contribution in [3.05, 3.63) is 40.0 Å². The van der Waals surface area contributed by atoms with Crippen LogP contribution in [0.1, 0.15) is 13.8 Å². The van der Waals surface area contributed by atoms with E-state index in [1.165, 1.54) is 0 Å². The van der Waals surface area contributed by atoms with E-state index in [9.17, 15) is 0 Å². The lowest BCUT2D eigenvalue weighted by molar-refractivity contribution is 0.173. The number of fused-ring (bicyclic) bond motifs is 3. The van der Waals surface area contributed by atoms with Gasteiger partial charge in [-0.15, -0.1) is 0 Å². The quantitative estimate of drug-likeness (QED) is 0.477. The molecule has 3 aromatic carbocycles. The second-order valence-corrected chi connectivity index (χ2v) is 7.80. The van der Waals surface area contributed by atoms with Gasteiger partial charge in [0.25, 0.3) is 0 Å². The summed E-state index contributed by atoms with van der Waals surface area (Å²) in [5.74, 6) is 3.81. The van der Waals surface area contributed by atoms with Crippen LogP contribution in [0.2, 0.25) is 0 Å². The molecule has 0 bridgehead atoms. The molecule has 0 atom stereocenters. The van der Waals surface area contributed by atoms with E-state index in [2.05, 4.69) is 34.7 Å². The molecule has 0 amide bonds. The van der Waals surface area contributed by atoms with Crippen molar-refractivity contribution < 1.29 is 23.7 Å². The second-order valence-electron chi connectivity index (χ2n) is 6.72. The Bertz CT molecular complexity index is 1060. The Balaban J connectivity index is 1.71. The molecular formula is C21H17IO5. The number of ether oxygens (including phenoxy) is 5. The Morgan fingerprint density at radius 2 is 1.44 bits per heavy atom. The molecule has 2 aliphatic rings. The molecule has 0 unspecified atom stereocenters. The monoisotopic (exact) mass is 476 g/mol. The first kappa shape index (κ1) is 16.8. The summed E-state index contributed by atoms with van der Waals surface area (Å²) in [4.78, 5) is 0. The zero-order valence-corrected chi connectivity index (χ0v) is 17.0. The number of hydrogen-bond acceptors (Lipinski definition) is 5. The standard InChI is InChI=1S/C21H17IO5/c1-11(2)27-16-8-20-19(25-10-26-20)7-15(16)13-4-3-12-5-17-18(24-9-23-17)6-14(12)21(13)22/h3-8,11H,9-10H2,1-2H3. The highest BCUT2D eigenvalue weighted by molar-refractivity contribution is 14.1. The lowest BCUT2D eigenvalue weighted by atomic mass is 9.99. The number of halogens is 1. The third kappa shape index (κ3) is 2.82. The summed E-state index contributed by atoms with van der Waals surface area (Å²) in [6.07, 6.45) is 0.0519. The van der Waals surface area contributed by atoms with Crippen molar-refractivity contribution in [1.29, 1.82) is 0 Å². The molecule has 2 aliphatic heterocycles. The first-order valence-electron chi connectivity index (χ1n) is 8.72. The zero-order valence-electron chi connectivity index (χ0n) is 14.9. The predicted molar refractivity (Wildman–Crippen MR) is 110 cm³/mol. The van der Waals surface area contributed by atoms with Gasteiger partial charge in [0.2, 0.25) is 13.6 Å². The fourth-order valence-electron chi connectivity index (χ4n) is 3.37. The maximum absolute atomic E-state index is 6.08. The van der Waals surface area contributed by atoms with Crippen molar-refractivity contribution >= 4 is 33.4 Å². The molecule has 5 nitrogen and oxygen atoms in total. The lowest BCUT2D eigenvalue weighted by Crippen LogP contribution is -2.06. The van der Waals surface area contributed by atoms with Gasteiger partial charge in [0.1, 0.15) is 5.75 Å². The molecule has 0 aliphatic carbocycles. The molecule has 6 heteroatoms. The summed E-state index contributed by atoms with van der Waals surface area (Å²) in [6.45, 7) is 4.53. The molecule has 3 aromatic rings. The van der Waals surface area contributed by atoms with Crippen LogP contribution in [0.3, 0.4) is 0 Å². The van der Waals surface area contributed by atoms with E-state index in [0.29, 0.717) is 5.75 Å². The molecule has 0 N–H and O–H groups in total. The van der Waals surface area contributed by atoms with Crippen LogP contribution < -0.4 is 23.7 Å². The van der Waals surface area contributed by atoms with Gasteiger partial charge >= 0.3 is 0 Å². The molecule has 0 aromatic heterocycles. The van der Waals surface area contributed by atoms with E-state index in [4.69, 9.17) is 23.7 Å². The molecule has 0 saturated heterocycles. The van der Waals surface area contributed by atoms with E-state index in [1.807, 2.05) is 38.1 Å². The summed E-state index contributed by atoms with van der Waals surface area (Å²) < 4.78 is 29.4. The van der Waals surface area contributed by atoms with Crippen LogP contribution in [0.15, 0.2) is 36.4 Å². The number of rotatable bonds is 3. The van der Waals surface area contributed by atoms with Gasteiger partial charge in [-0.3, -0.25) is 0 Å². The van der Waals surface area contributed by atoms with Gasteiger partial charge in [-0.2, -0.15) is 0 Å². The van der Waals surface area contributed by atoms with Crippen LogP contribution in [0.5, 0.6) is 28.7 Å². The van der Waals surface area contributed by atoms with Crippen LogP contribution in [-0.2, 0) is 0 Å².